The molecule has 0 heterocycles. The first kappa shape index (κ1) is 19.4. The average Bonchev–Trinajstić information content (AvgIpc) is 2.55. The van der Waals surface area contributed by atoms with Crippen molar-refractivity contribution in [3.63, 3.8) is 0 Å². The van der Waals surface area contributed by atoms with Gasteiger partial charge in [0, 0.05) is 16.5 Å². The van der Waals surface area contributed by atoms with Crippen LogP contribution in [-0.2, 0) is 14.3 Å². The van der Waals surface area contributed by atoms with E-state index < -0.39 is 5.97 Å². The van der Waals surface area contributed by atoms with E-state index in [0.717, 1.165) is 30.2 Å². The Morgan fingerprint density at radius 1 is 1.09 bits per heavy atom. The number of nitrogens with one attached hydrogen (secondary N) is 1. The van der Waals surface area contributed by atoms with Crippen molar-refractivity contribution in [2.24, 2.45) is 0 Å². The van der Waals surface area contributed by atoms with Crippen molar-refractivity contribution in [2.45, 2.75) is 39.0 Å². The van der Waals surface area contributed by atoms with Crippen molar-refractivity contribution in [1.82, 2.24) is 5.32 Å². The highest BCUT2D eigenvalue weighted by Gasteiger charge is 2.11. The molecule has 0 radical (unpaired) electrons. The van der Waals surface area contributed by atoms with Gasteiger partial charge >= 0.3 is 5.97 Å². The van der Waals surface area contributed by atoms with Crippen molar-refractivity contribution in [3.8, 4) is 0 Å². The molecule has 0 aliphatic rings. The zero-order valence-corrected chi connectivity index (χ0v) is 14.9. The summed E-state index contributed by atoms with van der Waals surface area (Å²) in [6.07, 6.45) is 4.45. The molecule has 0 saturated heterocycles. The number of carbonyl (C=O) groups excluding carboxylic acids is 3. The molecule has 0 fully saturated rings. The Bertz CT molecular complexity index is 528. The molecule has 0 saturated carbocycles. The van der Waals surface area contributed by atoms with Gasteiger partial charge in [-0.2, -0.15) is 0 Å². The maximum Gasteiger partial charge on any atom is 0.325 e. The summed E-state index contributed by atoms with van der Waals surface area (Å²) < 4.78 is 5.74. The minimum atomic E-state index is -0.614. The van der Waals surface area contributed by atoms with E-state index in [1.807, 2.05) is 0 Å². The van der Waals surface area contributed by atoms with E-state index in [9.17, 15) is 14.4 Å². The summed E-state index contributed by atoms with van der Waals surface area (Å²) in [7, 11) is 0. The molecule has 1 aromatic carbocycles. The SMILES string of the molecule is CCCCCCC(=O)NCC(=O)OCC(=O)c1ccc(Br)cc1. The lowest BCUT2D eigenvalue weighted by Crippen LogP contribution is -2.31. The van der Waals surface area contributed by atoms with E-state index in [1.165, 1.54) is 0 Å². The Hall–Kier alpha value is -1.69. The van der Waals surface area contributed by atoms with Crippen LogP contribution in [-0.4, -0.2) is 30.8 Å². The second-order valence-electron chi connectivity index (χ2n) is 5.18. The number of halogens is 1. The molecule has 23 heavy (non-hydrogen) atoms. The summed E-state index contributed by atoms with van der Waals surface area (Å²) in [6.45, 7) is 1.57. The van der Waals surface area contributed by atoms with Crippen molar-refractivity contribution in [1.29, 1.82) is 0 Å². The van der Waals surface area contributed by atoms with Crippen molar-refractivity contribution < 1.29 is 19.1 Å². The lowest BCUT2D eigenvalue weighted by Gasteiger charge is -2.06. The van der Waals surface area contributed by atoms with Gasteiger partial charge in [0.05, 0.1) is 0 Å². The lowest BCUT2D eigenvalue weighted by molar-refractivity contribution is -0.142. The Morgan fingerprint density at radius 3 is 2.43 bits per heavy atom. The van der Waals surface area contributed by atoms with Gasteiger partial charge in [-0.3, -0.25) is 14.4 Å². The Kier molecular flexibility index (Phi) is 9.21. The van der Waals surface area contributed by atoms with E-state index in [1.54, 1.807) is 24.3 Å². The maximum atomic E-state index is 11.8. The molecule has 0 aliphatic heterocycles. The monoisotopic (exact) mass is 383 g/mol. The first-order valence-corrected chi connectivity index (χ1v) is 8.53. The van der Waals surface area contributed by atoms with Crippen LogP contribution in [0.2, 0.25) is 0 Å². The largest absolute Gasteiger partial charge is 0.456 e. The Labute approximate surface area is 144 Å². The molecular formula is C17H22BrNO4. The number of esters is 1. The average molecular weight is 384 g/mol. The number of ketones is 1. The van der Waals surface area contributed by atoms with Gasteiger partial charge in [0.15, 0.2) is 12.4 Å². The van der Waals surface area contributed by atoms with Gasteiger partial charge < -0.3 is 10.1 Å². The van der Waals surface area contributed by atoms with Gasteiger partial charge in [0.25, 0.3) is 0 Å². The summed E-state index contributed by atoms with van der Waals surface area (Å²) >= 11 is 3.28. The van der Waals surface area contributed by atoms with Crippen LogP contribution >= 0.6 is 15.9 Å². The molecule has 1 N–H and O–H groups in total. The third-order valence-electron chi connectivity index (χ3n) is 3.22. The maximum absolute atomic E-state index is 11.8. The van der Waals surface area contributed by atoms with Crippen LogP contribution in [0.3, 0.4) is 0 Å². The summed E-state index contributed by atoms with van der Waals surface area (Å²) in [5.74, 6) is -1.06. The normalized spacial score (nSPS) is 10.2. The molecular weight excluding hydrogens is 362 g/mol. The summed E-state index contributed by atoms with van der Waals surface area (Å²) in [6, 6.07) is 6.79. The second-order valence-corrected chi connectivity index (χ2v) is 6.09. The molecule has 6 heteroatoms. The standard InChI is InChI=1S/C17H22BrNO4/c1-2-3-4-5-6-16(21)19-11-17(22)23-12-15(20)13-7-9-14(18)10-8-13/h7-10H,2-6,11-12H2,1H3,(H,19,21). The fraction of sp³-hybridized carbons (Fsp3) is 0.471. The van der Waals surface area contributed by atoms with Gasteiger partial charge in [0.2, 0.25) is 5.91 Å². The quantitative estimate of drug-likeness (QED) is 0.382. The lowest BCUT2D eigenvalue weighted by atomic mass is 10.1. The predicted molar refractivity (Wildman–Crippen MR) is 91.2 cm³/mol. The summed E-state index contributed by atoms with van der Waals surface area (Å²) in [5, 5.41) is 2.50. The number of Topliss-reactive ketones (excluding diaryl/α,β-unsaturated/α-hetero) is 1. The number of carbonyl (C=O) groups is 3. The number of ether oxygens (including phenoxy) is 1. The van der Waals surface area contributed by atoms with Crippen LogP contribution in [0.5, 0.6) is 0 Å². The number of unbranched alkanes of at least 4 members (excludes halogenated alkanes) is 3. The third kappa shape index (κ3) is 8.50. The molecule has 5 nitrogen and oxygen atoms in total. The van der Waals surface area contributed by atoms with Gasteiger partial charge in [-0.15, -0.1) is 0 Å². The third-order valence-corrected chi connectivity index (χ3v) is 3.75. The molecule has 0 aromatic heterocycles. The molecule has 1 rings (SSSR count). The molecule has 0 aliphatic carbocycles. The molecule has 1 aromatic rings. The Balaban J connectivity index is 2.20. The van der Waals surface area contributed by atoms with Crippen molar-refractivity contribution in [3.05, 3.63) is 34.3 Å². The number of benzene rings is 1. The second kappa shape index (κ2) is 10.9. The molecule has 126 valence electrons. The summed E-state index contributed by atoms with van der Waals surface area (Å²) in [5.41, 5.74) is 0.473. The molecule has 0 unspecified atom stereocenters. The summed E-state index contributed by atoms with van der Waals surface area (Å²) in [4.78, 5) is 34.9. The van der Waals surface area contributed by atoms with Crippen LogP contribution in [0, 0.1) is 0 Å². The van der Waals surface area contributed by atoms with E-state index in [0.29, 0.717) is 12.0 Å². The Morgan fingerprint density at radius 2 is 1.78 bits per heavy atom. The molecule has 1 amide bonds. The van der Waals surface area contributed by atoms with Crippen LogP contribution in [0.1, 0.15) is 49.4 Å². The van der Waals surface area contributed by atoms with E-state index >= 15 is 0 Å². The molecule has 0 atom stereocenters. The van der Waals surface area contributed by atoms with Gasteiger partial charge in [0.1, 0.15) is 6.54 Å². The number of hydrogen-bond donors (Lipinski definition) is 1. The zero-order chi connectivity index (χ0) is 17.1. The van der Waals surface area contributed by atoms with Gasteiger partial charge in [-0.1, -0.05) is 54.2 Å². The zero-order valence-electron chi connectivity index (χ0n) is 13.3. The van der Waals surface area contributed by atoms with Crippen molar-refractivity contribution >= 4 is 33.6 Å². The van der Waals surface area contributed by atoms with Crippen LogP contribution in [0.15, 0.2) is 28.7 Å². The predicted octanol–water partition coefficient (Wildman–Crippen LogP) is 3.26. The smallest absolute Gasteiger partial charge is 0.325 e. The molecule has 0 spiro atoms. The minimum absolute atomic E-state index is 0.169. The van der Waals surface area contributed by atoms with Crippen LogP contribution in [0.4, 0.5) is 0 Å². The fourth-order valence-electron chi connectivity index (χ4n) is 1.89. The van der Waals surface area contributed by atoms with E-state index in [4.69, 9.17) is 4.74 Å². The number of rotatable bonds is 10. The first-order valence-electron chi connectivity index (χ1n) is 7.74. The highest BCUT2D eigenvalue weighted by Crippen LogP contribution is 2.11. The highest BCUT2D eigenvalue weighted by molar-refractivity contribution is 9.10. The minimum Gasteiger partial charge on any atom is -0.456 e. The van der Waals surface area contributed by atoms with E-state index in [-0.39, 0.29) is 24.8 Å². The topological polar surface area (TPSA) is 72.5 Å². The fourth-order valence-corrected chi connectivity index (χ4v) is 2.15. The number of hydrogen-bond acceptors (Lipinski definition) is 4. The highest BCUT2D eigenvalue weighted by atomic mass is 79.9. The van der Waals surface area contributed by atoms with Gasteiger partial charge in [-0.25, -0.2) is 0 Å². The molecule has 0 bridgehead atoms. The van der Waals surface area contributed by atoms with Gasteiger partial charge in [-0.05, 0) is 18.6 Å². The number of amides is 1. The van der Waals surface area contributed by atoms with Crippen LogP contribution < -0.4 is 5.32 Å². The van der Waals surface area contributed by atoms with E-state index in [2.05, 4.69) is 28.2 Å². The van der Waals surface area contributed by atoms with Crippen LogP contribution in [0.25, 0.3) is 0 Å². The van der Waals surface area contributed by atoms with Crippen molar-refractivity contribution in [2.75, 3.05) is 13.2 Å². The first-order chi connectivity index (χ1) is 11.0.